The van der Waals surface area contributed by atoms with Gasteiger partial charge in [-0.2, -0.15) is 0 Å². The van der Waals surface area contributed by atoms with E-state index >= 15 is 0 Å². The van der Waals surface area contributed by atoms with Gasteiger partial charge in [0.25, 0.3) is 0 Å². The first kappa shape index (κ1) is 20.3. The van der Waals surface area contributed by atoms with Gasteiger partial charge in [0, 0.05) is 15.7 Å². The number of aromatic hydroxyl groups is 1. The van der Waals surface area contributed by atoms with Crippen LogP contribution in [0, 0.1) is 5.82 Å². The molecule has 0 radical (unpaired) electrons. The second-order valence-electron chi connectivity index (χ2n) is 6.72. The summed E-state index contributed by atoms with van der Waals surface area (Å²) < 4.78 is 41.6. The molecule has 0 heterocycles. The first-order valence-corrected chi connectivity index (χ1v) is 11.6. The molecule has 0 spiro atoms. The van der Waals surface area contributed by atoms with Gasteiger partial charge in [-0.05, 0) is 35.9 Å². The molecule has 4 rings (SSSR count). The van der Waals surface area contributed by atoms with E-state index in [0.717, 1.165) is 4.90 Å². The number of phenolic OH excluding ortho intramolecular Hbond substituents is 1. The first-order chi connectivity index (χ1) is 14.4. The molecule has 0 bridgehead atoms. The van der Waals surface area contributed by atoms with E-state index in [1.807, 2.05) is 30.3 Å². The van der Waals surface area contributed by atoms with E-state index in [1.54, 1.807) is 36.4 Å². The lowest BCUT2D eigenvalue weighted by atomic mass is 10.1. The van der Waals surface area contributed by atoms with Crippen LogP contribution in [0.3, 0.4) is 0 Å². The van der Waals surface area contributed by atoms with E-state index in [4.69, 9.17) is 0 Å². The molecular formula is C23H18FNO3S2. The van der Waals surface area contributed by atoms with Gasteiger partial charge in [-0.15, -0.1) is 0 Å². The van der Waals surface area contributed by atoms with Gasteiger partial charge in [0.05, 0.1) is 16.3 Å². The van der Waals surface area contributed by atoms with E-state index in [9.17, 15) is 17.9 Å². The van der Waals surface area contributed by atoms with E-state index < -0.39 is 15.8 Å². The Bertz CT molecular complexity index is 1310. The molecule has 0 aliphatic heterocycles. The Morgan fingerprint density at radius 3 is 2.30 bits per heavy atom. The van der Waals surface area contributed by atoms with Gasteiger partial charge in [-0.1, -0.05) is 66.4 Å². The molecule has 152 valence electrons. The zero-order valence-corrected chi connectivity index (χ0v) is 17.4. The molecule has 0 atom stereocenters. The molecule has 0 saturated heterocycles. The molecule has 7 heteroatoms. The highest BCUT2D eigenvalue weighted by Crippen LogP contribution is 2.42. The van der Waals surface area contributed by atoms with Crippen molar-refractivity contribution in [3.05, 3.63) is 96.3 Å². The molecule has 4 aromatic carbocycles. The van der Waals surface area contributed by atoms with Crippen LogP contribution in [0.5, 0.6) is 5.75 Å². The van der Waals surface area contributed by atoms with Crippen LogP contribution >= 0.6 is 11.8 Å². The smallest absolute Gasteiger partial charge is 0.236 e. The summed E-state index contributed by atoms with van der Waals surface area (Å²) >= 11 is 1.34. The summed E-state index contributed by atoms with van der Waals surface area (Å²) in [5, 5.41) is 11.9. The standard InChI is InChI=1S/C23H18FNO3S2/c24-17-8-6-7-16(13-17)15-30(27,28)25-21-14-22(29-18-9-2-1-3-10-18)23(26)20-12-5-4-11-19(20)21/h1-14,25-26H,15H2. The highest BCUT2D eigenvalue weighted by molar-refractivity contribution is 7.99. The van der Waals surface area contributed by atoms with E-state index in [-0.39, 0.29) is 11.5 Å². The van der Waals surface area contributed by atoms with Gasteiger partial charge in [-0.25, -0.2) is 12.8 Å². The van der Waals surface area contributed by atoms with Crippen LogP contribution in [0.15, 0.2) is 94.7 Å². The van der Waals surface area contributed by atoms with Crippen LogP contribution in [0.1, 0.15) is 5.56 Å². The first-order valence-electron chi connectivity index (χ1n) is 9.14. The van der Waals surface area contributed by atoms with Crippen molar-refractivity contribution in [2.24, 2.45) is 0 Å². The van der Waals surface area contributed by atoms with Crippen molar-refractivity contribution >= 4 is 38.2 Å². The Morgan fingerprint density at radius 2 is 1.57 bits per heavy atom. The third-order valence-electron chi connectivity index (χ3n) is 4.46. The van der Waals surface area contributed by atoms with Crippen molar-refractivity contribution in [1.82, 2.24) is 0 Å². The number of halogens is 1. The van der Waals surface area contributed by atoms with Crippen LogP contribution in [0.2, 0.25) is 0 Å². The maximum Gasteiger partial charge on any atom is 0.236 e. The second kappa shape index (κ2) is 8.38. The molecule has 0 aromatic heterocycles. The number of anilines is 1. The summed E-state index contributed by atoms with van der Waals surface area (Å²) in [5.41, 5.74) is 0.711. The Balaban J connectivity index is 1.73. The van der Waals surface area contributed by atoms with Crippen LogP contribution in [0.4, 0.5) is 10.1 Å². The average Bonchev–Trinajstić information content (AvgIpc) is 2.72. The lowest BCUT2D eigenvalue weighted by Crippen LogP contribution is -2.15. The van der Waals surface area contributed by atoms with Crippen LogP contribution < -0.4 is 4.72 Å². The average molecular weight is 440 g/mol. The number of hydrogen-bond donors (Lipinski definition) is 2. The Kier molecular flexibility index (Phi) is 5.65. The number of nitrogens with one attached hydrogen (secondary N) is 1. The second-order valence-corrected chi connectivity index (χ2v) is 9.56. The summed E-state index contributed by atoms with van der Waals surface area (Å²) in [5.74, 6) is -0.756. The molecule has 30 heavy (non-hydrogen) atoms. The van der Waals surface area contributed by atoms with Crippen molar-refractivity contribution in [2.45, 2.75) is 15.5 Å². The number of hydrogen-bond acceptors (Lipinski definition) is 4. The van der Waals surface area contributed by atoms with E-state index in [2.05, 4.69) is 4.72 Å². The van der Waals surface area contributed by atoms with Crippen molar-refractivity contribution in [3.8, 4) is 5.75 Å². The van der Waals surface area contributed by atoms with E-state index in [1.165, 1.54) is 30.0 Å². The summed E-state index contributed by atoms with van der Waals surface area (Å²) in [4.78, 5) is 1.44. The Labute approximate surface area is 178 Å². The lowest BCUT2D eigenvalue weighted by Gasteiger charge is -2.15. The molecule has 2 N–H and O–H groups in total. The third kappa shape index (κ3) is 4.58. The molecule has 4 aromatic rings. The molecule has 0 aliphatic rings. The highest BCUT2D eigenvalue weighted by atomic mass is 32.2. The molecule has 0 unspecified atom stereocenters. The molecular weight excluding hydrogens is 421 g/mol. The number of phenols is 1. The fraction of sp³-hybridized carbons (Fsp3) is 0.0435. The number of benzene rings is 4. The lowest BCUT2D eigenvalue weighted by molar-refractivity contribution is 0.469. The zero-order valence-electron chi connectivity index (χ0n) is 15.7. The van der Waals surface area contributed by atoms with Crippen LogP contribution in [-0.4, -0.2) is 13.5 Å². The molecule has 0 amide bonds. The van der Waals surface area contributed by atoms with Gasteiger partial charge in [0.1, 0.15) is 11.6 Å². The monoisotopic (exact) mass is 439 g/mol. The van der Waals surface area contributed by atoms with Gasteiger partial charge >= 0.3 is 0 Å². The number of rotatable bonds is 6. The fourth-order valence-corrected chi connectivity index (χ4v) is 5.29. The largest absolute Gasteiger partial charge is 0.506 e. The highest BCUT2D eigenvalue weighted by Gasteiger charge is 2.18. The predicted molar refractivity (Wildman–Crippen MR) is 119 cm³/mol. The summed E-state index contributed by atoms with van der Waals surface area (Å²) in [7, 11) is -3.81. The summed E-state index contributed by atoms with van der Waals surface area (Å²) in [6, 6.07) is 23.7. The minimum absolute atomic E-state index is 0.0903. The summed E-state index contributed by atoms with van der Waals surface area (Å²) in [6.45, 7) is 0. The topological polar surface area (TPSA) is 66.4 Å². The molecule has 0 saturated carbocycles. The molecule has 0 fully saturated rings. The Hall–Kier alpha value is -3.03. The predicted octanol–water partition coefficient (Wildman–Crippen LogP) is 5.78. The van der Waals surface area contributed by atoms with Gasteiger partial charge in [0.15, 0.2) is 0 Å². The van der Waals surface area contributed by atoms with Gasteiger partial charge in [-0.3, -0.25) is 4.72 Å². The number of sulfonamides is 1. The number of fused-ring (bicyclic) bond motifs is 1. The maximum absolute atomic E-state index is 13.4. The zero-order chi connectivity index (χ0) is 21.1. The molecule has 0 aliphatic carbocycles. The van der Waals surface area contributed by atoms with Crippen molar-refractivity contribution in [1.29, 1.82) is 0 Å². The quantitative estimate of drug-likeness (QED) is 0.374. The van der Waals surface area contributed by atoms with Gasteiger partial charge in [0.2, 0.25) is 10.0 Å². The SMILES string of the molecule is O=S(=O)(Cc1cccc(F)c1)Nc1cc(Sc2ccccc2)c(O)c2ccccc12. The maximum atomic E-state index is 13.4. The minimum atomic E-state index is -3.81. The van der Waals surface area contributed by atoms with Crippen LogP contribution in [0.25, 0.3) is 10.8 Å². The van der Waals surface area contributed by atoms with E-state index in [0.29, 0.717) is 26.9 Å². The summed E-state index contributed by atoms with van der Waals surface area (Å²) in [6.07, 6.45) is 0. The van der Waals surface area contributed by atoms with Crippen molar-refractivity contribution < 1.29 is 17.9 Å². The fourth-order valence-electron chi connectivity index (χ4n) is 3.16. The van der Waals surface area contributed by atoms with Crippen LogP contribution in [-0.2, 0) is 15.8 Å². The Morgan fingerprint density at radius 1 is 0.867 bits per heavy atom. The van der Waals surface area contributed by atoms with Crippen molar-refractivity contribution in [2.75, 3.05) is 4.72 Å². The molecule has 4 nitrogen and oxygen atoms in total. The normalized spacial score (nSPS) is 11.5. The van der Waals surface area contributed by atoms with Crippen molar-refractivity contribution in [3.63, 3.8) is 0 Å². The van der Waals surface area contributed by atoms with Gasteiger partial charge < -0.3 is 5.11 Å². The minimum Gasteiger partial charge on any atom is -0.506 e. The third-order valence-corrected chi connectivity index (χ3v) is 6.75.